The summed E-state index contributed by atoms with van der Waals surface area (Å²) in [6.07, 6.45) is 3.76. The van der Waals surface area contributed by atoms with E-state index in [9.17, 15) is 13.2 Å². The predicted octanol–water partition coefficient (Wildman–Crippen LogP) is 1.49. The first-order valence-corrected chi connectivity index (χ1v) is 9.12. The zero-order valence-electron chi connectivity index (χ0n) is 11.3. The van der Waals surface area contributed by atoms with Gasteiger partial charge < -0.3 is 5.32 Å². The molecule has 2 aliphatic rings. The minimum absolute atomic E-state index is 0.0270. The van der Waals surface area contributed by atoms with Crippen molar-refractivity contribution in [1.29, 1.82) is 0 Å². The average molecular weight is 314 g/mol. The van der Waals surface area contributed by atoms with Crippen LogP contribution in [0.4, 0.5) is 0 Å². The molecule has 1 aromatic heterocycles. The largest absolute Gasteiger partial charge is 0.351 e. The first kappa shape index (κ1) is 14.0. The highest BCUT2D eigenvalue weighted by atomic mass is 32.2. The van der Waals surface area contributed by atoms with E-state index in [0.717, 1.165) is 30.6 Å². The number of nitrogens with one attached hydrogen (secondary N) is 1. The molecule has 1 saturated heterocycles. The SMILES string of the molecule is Cc1ccc(S(=O)(=O)N2CC(=O)N[C@@H]3CCCC[C@H]32)s1. The molecule has 1 aliphatic carbocycles. The maximum atomic E-state index is 12.8. The number of aryl methyl sites for hydroxylation is 1. The number of sulfonamides is 1. The average Bonchev–Trinajstić information content (AvgIpc) is 2.85. The number of hydrogen-bond acceptors (Lipinski definition) is 4. The van der Waals surface area contributed by atoms with Crippen LogP contribution in [0.25, 0.3) is 0 Å². The molecular formula is C13H18N2O3S2. The van der Waals surface area contributed by atoms with Crippen LogP contribution in [0.3, 0.4) is 0 Å². The molecule has 1 amide bonds. The number of hydrogen-bond donors (Lipinski definition) is 1. The van der Waals surface area contributed by atoms with Crippen LogP contribution < -0.4 is 5.32 Å². The zero-order valence-corrected chi connectivity index (χ0v) is 13.0. The van der Waals surface area contributed by atoms with Gasteiger partial charge >= 0.3 is 0 Å². The maximum absolute atomic E-state index is 12.8. The number of piperazine rings is 1. The molecule has 20 heavy (non-hydrogen) atoms. The molecule has 7 heteroatoms. The van der Waals surface area contributed by atoms with E-state index in [1.165, 1.54) is 15.6 Å². The molecule has 110 valence electrons. The molecule has 2 atom stereocenters. The minimum atomic E-state index is -3.55. The van der Waals surface area contributed by atoms with E-state index in [-0.39, 0.29) is 24.5 Å². The molecule has 1 aromatic rings. The van der Waals surface area contributed by atoms with Crippen LogP contribution in [-0.4, -0.2) is 37.3 Å². The fourth-order valence-electron chi connectivity index (χ4n) is 3.07. The Morgan fingerprint density at radius 2 is 2.05 bits per heavy atom. The highest BCUT2D eigenvalue weighted by molar-refractivity contribution is 7.91. The molecule has 2 heterocycles. The van der Waals surface area contributed by atoms with Gasteiger partial charge in [0, 0.05) is 17.0 Å². The van der Waals surface area contributed by atoms with Crippen molar-refractivity contribution in [3.63, 3.8) is 0 Å². The van der Waals surface area contributed by atoms with Gasteiger partial charge in [0.05, 0.1) is 6.54 Å². The first-order chi connectivity index (χ1) is 9.48. The standard InChI is InChI=1S/C13H18N2O3S2/c1-9-6-7-13(19-9)20(17,18)15-8-12(16)14-10-4-2-3-5-11(10)15/h6-7,10-11H,2-5,8H2,1H3,(H,14,16)/t10-,11-/m1/s1. The van der Waals surface area contributed by atoms with E-state index in [4.69, 9.17) is 0 Å². The molecule has 0 unspecified atom stereocenters. The summed E-state index contributed by atoms with van der Waals surface area (Å²) in [7, 11) is -3.55. The molecule has 0 bridgehead atoms. The van der Waals surface area contributed by atoms with Gasteiger partial charge in [-0.15, -0.1) is 11.3 Å². The normalized spacial score (nSPS) is 27.9. The molecule has 0 spiro atoms. The number of thiophene rings is 1. The second kappa shape index (κ2) is 5.13. The van der Waals surface area contributed by atoms with E-state index in [0.29, 0.717) is 4.21 Å². The van der Waals surface area contributed by atoms with Crippen molar-refractivity contribution in [2.24, 2.45) is 0 Å². The number of carbonyl (C=O) groups excluding carboxylic acids is 1. The van der Waals surface area contributed by atoms with Crippen molar-refractivity contribution in [3.8, 4) is 0 Å². The van der Waals surface area contributed by atoms with Gasteiger partial charge in [0.15, 0.2) is 0 Å². The molecule has 1 saturated carbocycles. The molecular weight excluding hydrogens is 296 g/mol. The smallest absolute Gasteiger partial charge is 0.253 e. The van der Waals surface area contributed by atoms with Crippen molar-refractivity contribution < 1.29 is 13.2 Å². The first-order valence-electron chi connectivity index (χ1n) is 6.86. The molecule has 5 nitrogen and oxygen atoms in total. The van der Waals surface area contributed by atoms with Gasteiger partial charge in [0.1, 0.15) is 4.21 Å². The summed E-state index contributed by atoms with van der Waals surface area (Å²) in [5.41, 5.74) is 0. The summed E-state index contributed by atoms with van der Waals surface area (Å²) in [5.74, 6) is -0.190. The van der Waals surface area contributed by atoms with Crippen molar-refractivity contribution in [3.05, 3.63) is 17.0 Å². The number of rotatable bonds is 2. The fourth-order valence-corrected chi connectivity index (χ4v) is 6.12. The van der Waals surface area contributed by atoms with E-state index in [2.05, 4.69) is 5.32 Å². The Labute approximate surface area is 123 Å². The third-order valence-electron chi connectivity index (χ3n) is 4.02. The Balaban J connectivity index is 1.96. The van der Waals surface area contributed by atoms with Gasteiger partial charge in [-0.1, -0.05) is 12.8 Å². The Bertz CT molecular complexity index is 623. The highest BCUT2D eigenvalue weighted by Gasteiger charge is 2.43. The molecule has 0 aromatic carbocycles. The third kappa shape index (κ3) is 2.38. The van der Waals surface area contributed by atoms with Crippen molar-refractivity contribution in [2.45, 2.75) is 48.9 Å². The van der Waals surface area contributed by atoms with Crippen LogP contribution in [0.1, 0.15) is 30.6 Å². The number of nitrogens with zero attached hydrogens (tertiary/aromatic N) is 1. The highest BCUT2D eigenvalue weighted by Crippen LogP contribution is 2.32. The van der Waals surface area contributed by atoms with Crippen molar-refractivity contribution in [2.75, 3.05) is 6.54 Å². The van der Waals surface area contributed by atoms with Gasteiger partial charge in [0.2, 0.25) is 5.91 Å². The lowest BCUT2D eigenvalue weighted by Gasteiger charge is -2.42. The summed E-state index contributed by atoms with van der Waals surface area (Å²) in [5, 5.41) is 2.94. The van der Waals surface area contributed by atoms with Gasteiger partial charge in [-0.2, -0.15) is 4.31 Å². The molecule has 1 N–H and O–H groups in total. The Morgan fingerprint density at radius 1 is 1.30 bits per heavy atom. The molecule has 3 rings (SSSR count). The quantitative estimate of drug-likeness (QED) is 0.899. The molecule has 2 fully saturated rings. The van der Waals surface area contributed by atoms with Crippen molar-refractivity contribution in [1.82, 2.24) is 9.62 Å². The van der Waals surface area contributed by atoms with E-state index >= 15 is 0 Å². The molecule has 0 radical (unpaired) electrons. The zero-order chi connectivity index (χ0) is 14.3. The third-order valence-corrected chi connectivity index (χ3v) is 7.36. The minimum Gasteiger partial charge on any atom is -0.351 e. The maximum Gasteiger partial charge on any atom is 0.253 e. The number of carbonyl (C=O) groups is 1. The Hall–Kier alpha value is -0.920. The predicted molar refractivity (Wildman–Crippen MR) is 77.1 cm³/mol. The van der Waals surface area contributed by atoms with Crippen LogP contribution in [0, 0.1) is 6.92 Å². The van der Waals surface area contributed by atoms with Crippen molar-refractivity contribution >= 4 is 27.3 Å². The van der Waals surface area contributed by atoms with Crippen LogP contribution in [0.2, 0.25) is 0 Å². The Kier molecular flexibility index (Phi) is 3.60. The summed E-state index contributed by atoms with van der Waals surface area (Å²) < 4.78 is 27.3. The summed E-state index contributed by atoms with van der Waals surface area (Å²) >= 11 is 1.27. The van der Waals surface area contributed by atoms with E-state index in [1.807, 2.05) is 6.92 Å². The topological polar surface area (TPSA) is 66.5 Å². The van der Waals surface area contributed by atoms with Crippen LogP contribution in [0.15, 0.2) is 16.3 Å². The lowest BCUT2D eigenvalue weighted by Crippen LogP contribution is -2.62. The Morgan fingerprint density at radius 3 is 2.75 bits per heavy atom. The van der Waals surface area contributed by atoms with Gasteiger partial charge in [-0.3, -0.25) is 4.79 Å². The van der Waals surface area contributed by atoms with E-state index in [1.54, 1.807) is 12.1 Å². The second-order valence-corrected chi connectivity index (χ2v) is 8.85. The fraction of sp³-hybridized carbons (Fsp3) is 0.615. The molecule has 1 aliphatic heterocycles. The van der Waals surface area contributed by atoms with Gasteiger partial charge in [-0.25, -0.2) is 8.42 Å². The second-order valence-electron chi connectivity index (χ2n) is 5.44. The lowest BCUT2D eigenvalue weighted by molar-refractivity contribution is -0.125. The van der Waals surface area contributed by atoms with Crippen LogP contribution in [0.5, 0.6) is 0 Å². The van der Waals surface area contributed by atoms with Crippen LogP contribution in [-0.2, 0) is 14.8 Å². The van der Waals surface area contributed by atoms with Crippen LogP contribution >= 0.6 is 11.3 Å². The number of fused-ring (bicyclic) bond motifs is 1. The lowest BCUT2D eigenvalue weighted by atomic mass is 9.89. The summed E-state index contributed by atoms with van der Waals surface area (Å²) in [6, 6.07) is 3.33. The van der Waals surface area contributed by atoms with E-state index < -0.39 is 10.0 Å². The summed E-state index contributed by atoms with van der Waals surface area (Å²) in [6.45, 7) is 1.83. The summed E-state index contributed by atoms with van der Waals surface area (Å²) in [4.78, 5) is 12.8. The number of amides is 1. The van der Waals surface area contributed by atoms with Gasteiger partial charge in [0.25, 0.3) is 10.0 Å². The van der Waals surface area contributed by atoms with Gasteiger partial charge in [-0.05, 0) is 31.9 Å². The monoisotopic (exact) mass is 314 g/mol.